The van der Waals surface area contributed by atoms with Crippen molar-refractivity contribution in [3.05, 3.63) is 100 Å². The Balaban J connectivity index is 1.57. The molecule has 0 aliphatic carbocycles. The van der Waals surface area contributed by atoms with Crippen LogP contribution in [-0.4, -0.2) is 32.4 Å². The lowest BCUT2D eigenvalue weighted by atomic mass is 10.1. The van der Waals surface area contributed by atoms with Crippen LogP contribution in [0.2, 0.25) is 5.02 Å². The van der Waals surface area contributed by atoms with Gasteiger partial charge in [-0.3, -0.25) is 4.55 Å². The lowest BCUT2D eigenvalue weighted by Crippen LogP contribution is -2.17. The molecule has 5 aromatic rings. The van der Waals surface area contributed by atoms with E-state index in [1.54, 1.807) is 24.3 Å². The Bertz CT molecular complexity index is 1690. The molecular formula is C24H19ClN4O5S3. The lowest BCUT2D eigenvalue weighted by molar-refractivity contribution is 0.442. The van der Waals surface area contributed by atoms with E-state index in [1.807, 2.05) is 48.5 Å². The number of hydrogen-bond acceptors (Lipinski definition) is 8. The van der Waals surface area contributed by atoms with Crippen molar-refractivity contribution in [2.45, 2.75) is 17.5 Å². The second-order valence-electron chi connectivity index (χ2n) is 8.02. The van der Waals surface area contributed by atoms with Crippen LogP contribution in [0, 0.1) is 0 Å². The molecule has 5 rings (SSSR count). The van der Waals surface area contributed by atoms with E-state index in [0.29, 0.717) is 16.1 Å². The van der Waals surface area contributed by atoms with Crippen molar-refractivity contribution in [1.82, 2.24) is 19.9 Å². The van der Waals surface area contributed by atoms with Crippen LogP contribution in [0.5, 0.6) is 0 Å². The number of nitrogens with zero attached hydrogens (tertiary/aromatic N) is 3. The van der Waals surface area contributed by atoms with Gasteiger partial charge in [-0.15, -0.1) is 21.5 Å². The van der Waals surface area contributed by atoms with E-state index in [2.05, 4.69) is 19.9 Å². The van der Waals surface area contributed by atoms with Crippen LogP contribution in [0.15, 0.2) is 77.2 Å². The Morgan fingerprint density at radius 1 is 1.03 bits per heavy atom. The first-order chi connectivity index (χ1) is 17.8. The molecule has 2 heterocycles. The number of benzene rings is 3. The third-order valence-corrected chi connectivity index (χ3v) is 9.14. The molecule has 0 spiro atoms. The summed E-state index contributed by atoms with van der Waals surface area (Å²) >= 11 is 5.00. The molecule has 0 aliphatic rings. The van der Waals surface area contributed by atoms with Gasteiger partial charge in [0.2, 0.25) is 23.0 Å². The van der Waals surface area contributed by atoms with E-state index in [0.717, 1.165) is 15.8 Å². The van der Waals surface area contributed by atoms with Crippen LogP contribution < -0.4 is 4.72 Å². The van der Waals surface area contributed by atoms with E-state index in [4.69, 9.17) is 20.6 Å². The van der Waals surface area contributed by atoms with Crippen molar-refractivity contribution in [2.75, 3.05) is 0 Å². The zero-order valence-electron chi connectivity index (χ0n) is 18.9. The molecule has 0 saturated carbocycles. The minimum atomic E-state index is -3.96. The monoisotopic (exact) mass is 574 g/mol. The molecule has 0 radical (unpaired) electrons. The van der Waals surface area contributed by atoms with Gasteiger partial charge < -0.3 is 4.42 Å². The third-order valence-electron chi connectivity index (χ3n) is 5.41. The summed E-state index contributed by atoms with van der Waals surface area (Å²) in [7, 11) is -3.96. The van der Waals surface area contributed by atoms with E-state index >= 15 is 0 Å². The van der Waals surface area contributed by atoms with Crippen molar-refractivity contribution >= 4 is 54.3 Å². The number of thiazole rings is 1. The standard InChI is InChI=1S/C24H19ClN4O5S3/c25-18-8-4-5-15(11-18)14-37(32,33)22(23-29-28-21(34-23)13-26-36(30)31)24-27-19-10-9-17(12-20(19)35-24)16-6-2-1-3-7-16/h1-12,22,26H,13-14H2,(H,30,31). The van der Waals surface area contributed by atoms with Crippen LogP contribution in [0.1, 0.15) is 27.6 Å². The quantitative estimate of drug-likeness (QED) is 0.237. The van der Waals surface area contributed by atoms with Gasteiger partial charge in [0.1, 0.15) is 5.01 Å². The van der Waals surface area contributed by atoms with E-state index in [1.165, 1.54) is 11.3 Å². The minimum Gasteiger partial charge on any atom is -0.422 e. The van der Waals surface area contributed by atoms with Crippen LogP contribution in [-0.2, 0) is 33.4 Å². The first-order valence-corrected chi connectivity index (χ1v) is 14.9. The van der Waals surface area contributed by atoms with Gasteiger partial charge in [-0.2, -0.15) is 0 Å². The molecule has 2 atom stereocenters. The molecule has 0 fully saturated rings. The third kappa shape index (κ3) is 5.95. The minimum absolute atomic E-state index is 0.0344. The van der Waals surface area contributed by atoms with Crippen molar-refractivity contribution in [3.8, 4) is 11.1 Å². The molecule has 0 amide bonds. The Morgan fingerprint density at radius 3 is 2.59 bits per heavy atom. The fourth-order valence-electron chi connectivity index (χ4n) is 3.79. The lowest BCUT2D eigenvalue weighted by Gasteiger charge is -2.12. The van der Waals surface area contributed by atoms with Crippen LogP contribution in [0.25, 0.3) is 21.3 Å². The zero-order valence-corrected chi connectivity index (χ0v) is 22.1. The molecule has 37 heavy (non-hydrogen) atoms. The van der Waals surface area contributed by atoms with Gasteiger partial charge in [0.05, 0.1) is 22.5 Å². The second-order valence-corrected chi connectivity index (χ2v) is 12.4. The molecular weight excluding hydrogens is 556 g/mol. The first-order valence-electron chi connectivity index (χ1n) is 10.9. The number of halogens is 1. The largest absolute Gasteiger partial charge is 0.422 e. The number of hydrogen-bond donors (Lipinski definition) is 2. The van der Waals surface area contributed by atoms with Crippen LogP contribution >= 0.6 is 22.9 Å². The fourth-order valence-corrected chi connectivity index (χ4v) is 7.39. The van der Waals surface area contributed by atoms with Gasteiger partial charge in [0.15, 0.2) is 15.1 Å². The molecule has 0 aliphatic heterocycles. The van der Waals surface area contributed by atoms with Crippen molar-refractivity contribution < 1.29 is 21.6 Å². The Hall–Kier alpha value is -3.00. The number of aromatic nitrogens is 3. The summed E-state index contributed by atoms with van der Waals surface area (Å²) < 4.78 is 56.1. The maximum atomic E-state index is 13.7. The summed E-state index contributed by atoms with van der Waals surface area (Å²) in [4.78, 5) is 4.61. The van der Waals surface area contributed by atoms with Crippen molar-refractivity contribution in [1.29, 1.82) is 0 Å². The van der Waals surface area contributed by atoms with E-state index in [9.17, 15) is 12.6 Å². The topological polar surface area (TPSA) is 135 Å². The maximum absolute atomic E-state index is 13.7. The number of rotatable bonds is 9. The van der Waals surface area contributed by atoms with Gasteiger partial charge in [-0.25, -0.2) is 22.3 Å². The highest BCUT2D eigenvalue weighted by molar-refractivity contribution is 7.91. The smallest absolute Gasteiger partial charge is 0.241 e. The highest BCUT2D eigenvalue weighted by Gasteiger charge is 2.37. The average Bonchev–Trinajstić information content (AvgIpc) is 3.49. The van der Waals surface area contributed by atoms with E-state index in [-0.39, 0.29) is 29.1 Å². The Kier molecular flexibility index (Phi) is 7.47. The predicted molar refractivity (Wildman–Crippen MR) is 143 cm³/mol. The summed E-state index contributed by atoms with van der Waals surface area (Å²) in [5.74, 6) is -0.544. The first kappa shape index (κ1) is 25.6. The molecule has 13 heteroatoms. The van der Waals surface area contributed by atoms with Gasteiger partial charge >= 0.3 is 0 Å². The summed E-state index contributed by atoms with van der Waals surface area (Å²) in [6, 6.07) is 22.2. The van der Waals surface area contributed by atoms with Gasteiger partial charge in [0, 0.05) is 5.02 Å². The second kappa shape index (κ2) is 10.8. The Labute approximate surface area is 223 Å². The molecule has 2 unspecified atom stereocenters. The number of sulfone groups is 1. The summed E-state index contributed by atoms with van der Waals surface area (Å²) in [6.45, 7) is -0.211. The molecule has 0 bridgehead atoms. The van der Waals surface area contributed by atoms with Gasteiger partial charge in [-0.05, 0) is 41.0 Å². The number of fused-ring (bicyclic) bond motifs is 1. The highest BCUT2D eigenvalue weighted by Crippen LogP contribution is 2.38. The molecule has 190 valence electrons. The number of nitrogens with one attached hydrogen (secondary N) is 1. The Morgan fingerprint density at radius 2 is 1.84 bits per heavy atom. The maximum Gasteiger partial charge on any atom is 0.241 e. The predicted octanol–water partition coefficient (Wildman–Crippen LogP) is 4.93. The van der Waals surface area contributed by atoms with E-state index < -0.39 is 26.4 Å². The summed E-state index contributed by atoms with van der Waals surface area (Å²) in [5.41, 5.74) is 3.14. The van der Waals surface area contributed by atoms with Gasteiger partial charge in [0.25, 0.3) is 0 Å². The molecule has 0 saturated heterocycles. The SMILES string of the molecule is O=S(O)NCc1nnc(C(c2nc3ccc(-c4ccccc4)cc3s2)S(=O)(=O)Cc2cccc(Cl)c2)o1. The average molecular weight is 575 g/mol. The van der Waals surface area contributed by atoms with Crippen LogP contribution in [0.4, 0.5) is 0 Å². The van der Waals surface area contributed by atoms with Crippen molar-refractivity contribution in [2.24, 2.45) is 0 Å². The molecule has 2 N–H and O–H groups in total. The van der Waals surface area contributed by atoms with Crippen LogP contribution in [0.3, 0.4) is 0 Å². The molecule has 2 aromatic heterocycles. The summed E-state index contributed by atoms with van der Waals surface area (Å²) in [5, 5.41) is 7.15. The fraction of sp³-hybridized carbons (Fsp3) is 0.125. The van der Waals surface area contributed by atoms with Gasteiger partial charge in [-0.1, -0.05) is 60.1 Å². The molecule has 3 aromatic carbocycles. The normalized spacial score (nSPS) is 13.6. The van der Waals surface area contributed by atoms with Crippen molar-refractivity contribution in [3.63, 3.8) is 0 Å². The molecule has 9 nitrogen and oxygen atoms in total. The highest BCUT2D eigenvalue weighted by atomic mass is 35.5. The zero-order chi connectivity index (χ0) is 26.0. The summed E-state index contributed by atoms with van der Waals surface area (Å²) in [6.07, 6.45) is 0.